The number of carbonyl (C=O) groups excluding carboxylic acids is 3. The maximum Gasteiger partial charge on any atom is 0.408 e. The van der Waals surface area contributed by atoms with E-state index in [1.807, 2.05) is 92.7 Å². The van der Waals surface area contributed by atoms with Gasteiger partial charge in [-0.3, -0.25) is 4.79 Å². The number of methoxy groups -OCH3 is 1. The first kappa shape index (κ1) is 26.5. The van der Waals surface area contributed by atoms with Crippen LogP contribution in [-0.4, -0.2) is 37.2 Å². The van der Waals surface area contributed by atoms with E-state index in [-0.39, 0.29) is 19.4 Å². The summed E-state index contributed by atoms with van der Waals surface area (Å²) in [4.78, 5) is 38.5. The van der Waals surface area contributed by atoms with Crippen LogP contribution in [0.5, 0.6) is 0 Å². The monoisotopic (exact) mass is 488 g/mol. The average molecular weight is 489 g/mol. The molecule has 0 aromatic heterocycles. The van der Waals surface area contributed by atoms with Crippen LogP contribution in [0.3, 0.4) is 0 Å². The first-order chi connectivity index (χ1) is 17.4. The molecule has 188 valence electrons. The lowest BCUT2D eigenvalue weighted by Crippen LogP contribution is -2.53. The van der Waals surface area contributed by atoms with E-state index in [9.17, 15) is 14.4 Å². The highest BCUT2D eigenvalue weighted by molar-refractivity contribution is 5.90. The number of carbonyl (C=O) groups is 3. The third-order valence-corrected chi connectivity index (χ3v) is 5.96. The molecule has 3 aromatic rings. The molecule has 7 nitrogen and oxygen atoms in total. The number of nitrogens with one attached hydrogen (secondary N) is 2. The molecule has 0 unspecified atom stereocenters. The normalized spacial score (nSPS) is 12.2. The highest BCUT2D eigenvalue weighted by atomic mass is 16.5. The Kier molecular flexibility index (Phi) is 9.63. The SMILES string of the molecule is COC(=O)[C@@H](Cc1c(C)cccc1C)NC(=O)[C@@H](Cc1ccccc1)NC(=O)OCc1ccccc1. The Balaban J connectivity index is 1.75. The van der Waals surface area contributed by atoms with Gasteiger partial charge in [0.15, 0.2) is 0 Å². The summed E-state index contributed by atoms with van der Waals surface area (Å²) >= 11 is 0. The summed E-state index contributed by atoms with van der Waals surface area (Å²) in [5.74, 6) is -1.06. The zero-order valence-electron chi connectivity index (χ0n) is 20.8. The lowest BCUT2D eigenvalue weighted by Gasteiger charge is -2.23. The maximum atomic E-state index is 13.4. The topological polar surface area (TPSA) is 93.7 Å². The Morgan fingerprint density at radius 1 is 0.722 bits per heavy atom. The van der Waals surface area contributed by atoms with Gasteiger partial charge in [-0.05, 0) is 41.7 Å². The van der Waals surface area contributed by atoms with Crippen molar-refractivity contribution in [1.29, 1.82) is 0 Å². The van der Waals surface area contributed by atoms with E-state index in [0.717, 1.165) is 27.8 Å². The van der Waals surface area contributed by atoms with E-state index in [1.54, 1.807) is 0 Å². The second-order valence-electron chi connectivity index (χ2n) is 8.61. The molecule has 2 N–H and O–H groups in total. The zero-order valence-corrected chi connectivity index (χ0v) is 20.8. The fourth-order valence-electron chi connectivity index (χ4n) is 3.95. The molecule has 0 aliphatic rings. The van der Waals surface area contributed by atoms with Crippen LogP contribution in [0.2, 0.25) is 0 Å². The summed E-state index contributed by atoms with van der Waals surface area (Å²) in [6, 6.07) is 22.6. The molecule has 0 aliphatic heterocycles. The number of rotatable bonds is 10. The lowest BCUT2D eigenvalue weighted by atomic mass is 9.96. The van der Waals surface area contributed by atoms with Gasteiger partial charge in [0.2, 0.25) is 5.91 Å². The molecule has 0 heterocycles. The summed E-state index contributed by atoms with van der Waals surface area (Å²) in [6.45, 7) is 3.99. The van der Waals surface area contributed by atoms with E-state index in [1.165, 1.54) is 7.11 Å². The van der Waals surface area contributed by atoms with Crippen LogP contribution in [-0.2, 0) is 38.5 Å². The van der Waals surface area contributed by atoms with Gasteiger partial charge in [0.1, 0.15) is 18.7 Å². The largest absolute Gasteiger partial charge is 0.467 e. The third kappa shape index (κ3) is 7.70. The second kappa shape index (κ2) is 13.1. The van der Waals surface area contributed by atoms with Crippen LogP contribution >= 0.6 is 0 Å². The average Bonchev–Trinajstić information content (AvgIpc) is 2.89. The molecule has 0 radical (unpaired) electrons. The third-order valence-electron chi connectivity index (χ3n) is 5.96. The van der Waals surface area contributed by atoms with Crippen molar-refractivity contribution in [1.82, 2.24) is 10.6 Å². The molecule has 0 spiro atoms. The van der Waals surface area contributed by atoms with Crippen LogP contribution < -0.4 is 10.6 Å². The van der Waals surface area contributed by atoms with Crippen LogP contribution in [0, 0.1) is 13.8 Å². The molecule has 36 heavy (non-hydrogen) atoms. The predicted octanol–water partition coefficient (Wildman–Crippen LogP) is 4.04. The Morgan fingerprint density at radius 3 is 1.89 bits per heavy atom. The van der Waals surface area contributed by atoms with Crippen molar-refractivity contribution in [2.45, 2.75) is 45.4 Å². The summed E-state index contributed by atoms with van der Waals surface area (Å²) in [7, 11) is 1.28. The van der Waals surface area contributed by atoms with Gasteiger partial charge in [0.25, 0.3) is 0 Å². The number of benzene rings is 3. The molecule has 0 bridgehead atoms. The van der Waals surface area contributed by atoms with Gasteiger partial charge >= 0.3 is 12.1 Å². The van der Waals surface area contributed by atoms with Crippen molar-refractivity contribution in [3.63, 3.8) is 0 Å². The van der Waals surface area contributed by atoms with Gasteiger partial charge in [-0.2, -0.15) is 0 Å². The number of hydrogen-bond donors (Lipinski definition) is 2. The van der Waals surface area contributed by atoms with Gasteiger partial charge in [0, 0.05) is 12.8 Å². The first-order valence-corrected chi connectivity index (χ1v) is 11.8. The van der Waals surface area contributed by atoms with Crippen molar-refractivity contribution in [2.75, 3.05) is 7.11 Å². The molecule has 2 amide bonds. The molecule has 0 aliphatic carbocycles. The van der Waals surface area contributed by atoms with Gasteiger partial charge in [-0.25, -0.2) is 9.59 Å². The Labute approximate surface area is 211 Å². The summed E-state index contributed by atoms with van der Waals surface area (Å²) in [5, 5.41) is 5.45. The lowest BCUT2D eigenvalue weighted by molar-refractivity contribution is -0.145. The Morgan fingerprint density at radius 2 is 1.31 bits per heavy atom. The van der Waals surface area contributed by atoms with Crippen LogP contribution in [0.25, 0.3) is 0 Å². The van der Waals surface area contributed by atoms with Crippen LogP contribution in [0.15, 0.2) is 78.9 Å². The van der Waals surface area contributed by atoms with Crippen LogP contribution in [0.1, 0.15) is 27.8 Å². The minimum absolute atomic E-state index is 0.0731. The number of ether oxygens (including phenoxy) is 2. The number of aryl methyl sites for hydroxylation is 2. The van der Waals surface area contributed by atoms with Crippen molar-refractivity contribution < 1.29 is 23.9 Å². The fourth-order valence-corrected chi connectivity index (χ4v) is 3.95. The number of alkyl carbamates (subject to hydrolysis) is 1. The van der Waals surface area contributed by atoms with Gasteiger partial charge in [-0.1, -0.05) is 78.9 Å². The van der Waals surface area contributed by atoms with Gasteiger partial charge < -0.3 is 20.1 Å². The van der Waals surface area contributed by atoms with E-state index in [0.29, 0.717) is 0 Å². The summed E-state index contributed by atoms with van der Waals surface area (Å²) in [6.07, 6.45) is -0.225. The first-order valence-electron chi connectivity index (χ1n) is 11.8. The summed E-state index contributed by atoms with van der Waals surface area (Å²) in [5.41, 5.74) is 4.67. The number of amides is 2. The van der Waals surface area contributed by atoms with Crippen molar-refractivity contribution in [2.24, 2.45) is 0 Å². The fraction of sp³-hybridized carbons (Fsp3) is 0.276. The Bertz CT molecular complexity index is 1140. The minimum Gasteiger partial charge on any atom is -0.467 e. The highest BCUT2D eigenvalue weighted by Crippen LogP contribution is 2.16. The molecule has 0 saturated carbocycles. The molecule has 7 heteroatoms. The number of hydrogen-bond acceptors (Lipinski definition) is 5. The zero-order chi connectivity index (χ0) is 25.9. The van der Waals surface area contributed by atoms with E-state index >= 15 is 0 Å². The highest BCUT2D eigenvalue weighted by Gasteiger charge is 2.29. The predicted molar refractivity (Wildman–Crippen MR) is 137 cm³/mol. The van der Waals surface area contributed by atoms with Gasteiger partial charge in [0.05, 0.1) is 7.11 Å². The standard InChI is InChI=1S/C29H32N2O5/c1-20-11-10-12-21(2)24(20)18-26(28(33)35-3)30-27(32)25(17-22-13-6-4-7-14-22)31-29(34)36-19-23-15-8-5-9-16-23/h4-16,25-26H,17-19H2,1-3H3,(H,30,32)(H,31,34)/t25-,26-/m1/s1. The molecule has 3 aromatic carbocycles. The van der Waals surface area contributed by atoms with Crippen molar-refractivity contribution in [3.05, 3.63) is 107 Å². The molecular formula is C29H32N2O5. The molecular weight excluding hydrogens is 456 g/mol. The quantitative estimate of drug-likeness (QED) is 0.420. The number of esters is 1. The van der Waals surface area contributed by atoms with E-state index in [4.69, 9.17) is 9.47 Å². The minimum atomic E-state index is -0.958. The second-order valence-corrected chi connectivity index (χ2v) is 8.61. The smallest absolute Gasteiger partial charge is 0.408 e. The summed E-state index contributed by atoms with van der Waals surface area (Å²) < 4.78 is 10.3. The van der Waals surface area contributed by atoms with Gasteiger partial charge in [-0.15, -0.1) is 0 Å². The van der Waals surface area contributed by atoms with E-state index < -0.39 is 30.1 Å². The Hall–Kier alpha value is -4.13. The van der Waals surface area contributed by atoms with Crippen LogP contribution in [0.4, 0.5) is 4.79 Å². The van der Waals surface area contributed by atoms with Crippen molar-refractivity contribution >= 4 is 18.0 Å². The molecule has 2 atom stereocenters. The van der Waals surface area contributed by atoms with E-state index in [2.05, 4.69) is 10.6 Å². The maximum absolute atomic E-state index is 13.4. The van der Waals surface area contributed by atoms with Crippen molar-refractivity contribution in [3.8, 4) is 0 Å². The molecule has 3 rings (SSSR count). The molecule has 0 saturated heterocycles. The molecule has 0 fully saturated rings.